The number of nitrogens with zero attached hydrogens (tertiary/aromatic N) is 1. The molecule has 0 atom stereocenters. The summed E-state index contributed by atoms with van der Waals surface area (Å²) in [4.78, 5) is 11.5. The molecule has 2 aromatic carbocycles. The van der Waals surface area contributed by atoms with Crippen LogP contribution in [0.1, 0.15) is 0 Å². The molecular weight excluding hydrogens is 322 g/mol. The predicted molar refractivity (Wildman–Crippen MR) is 83.3 cm³/mol. The molecule has 3 N–H and O–H groups in total. The van der Waals surface area contributed by atoms with Crippen LogP contribution in [-0.4, -0.2) is 4.57 Å². The van der Waals surface area contributed by atoms with Gasteiger partial charge in [-0.15, -0.1) is 0 Å². The SMILES string of the molecule is Cn1c(=O)oc2cc(Nc3ccc(Br)cc3N)ccc21. The molecule has 3 aromatic rings. The van der Waals surface area contributed by atoms with Crippen LogP contribution in [0, 0.1) is 0 Å². The second-order valence-corrected chi connectivity index (χ2v) is 5.38. The van der Waals surface area contributed by atoms with Crippen LogP contribution in [0.4, 0.5) is 17.1 Å². The summed E-state index contributed by atoms with van der Waals surface area (Å²) in [6.07, 6.45) is 0. The average Bonchev–Trinajstić information content (AvgIpc) is 2.68. The molecule has 20 heavy (non-hydrogen) atoms. The number of benzene rings is 2. The lowest BCUT2D eigenvalue weighted by atomic mass is 10.2. The van der Waals surface area contributed by atoms with E-state index < -0.39 is 0 Å². The highest BCUT2D eigenvalue weighted by molar-refractivity contribution is 9.10. The number of aromatic nitrogens is 1. The van der Waals surface area contributed by atoms with Gasteiger partial charge in [0.05, 0.1) is 16.9 Å². The Kier molecular flexibility index (Phi) is 3.02. The maximum Gasteiger partial charge on any atom is 0.419 e. The smallest absolute Gasteiger partial charge is 0.408 e. The fraction of sp³-hybridized carbons (Fsp3) is 0.0714. The van der Waals surface area contributed by atoms with Crippen molar-refractivity contribution in [1.82, 2.24) is 4.57 Å². The number of nitrogen functional groups attached to an aromatic ring is 1. The van der Waals surface area contributed by atoms with E-state index in [1.54, 1.807) is 13.1 Å². The van der Waals surface area contributed by atoms with E-state index in [9.17, 15) is 4.79 Å². The van der Waals surface area contributed by atoms with Crippen molar-refractivity contribution in [1.29, 1.82) is 0 Å². The number of anilines is 3. The number of fused-ring (bicyclic) bond motifs is 1. The first-order valence-corrected chi connectivity index (χ1v) is 6.75. The fourth-order valence-electron chi connectivity index (χ4n) is 2.01. The van der Waals surface area contributed by atoms with Crippen LogP contribution in [0.3, 0.4) is 0 Å². The Morgan fingerprint density at radius 3 is 2.80 bits per heavy atom. The molecule has 0 saturated heterocycles. The molecule has 0 aliphatic carbocycles. The molecule has 102 valence electrons. The number of rotatable bonds is 2. The molecule has 0 spiro atoms. The number of nitrogens with one attached hydrogen (secondary N) is 1. The molecule has 0 radical (unpaired) electrons. The molecule has 1 heterocycles. The van der Waals surface area contributed by atoms with Gasteiger partial charge in [-0.05, 0) is 30.3 Å². The molecular formula is C14H12BrN3O2. The maximum absolute atomic E-state index is 11.5. The molecule has 6 heteroatoms. The van der Waals surface area contributed by atoms with E-state index in [0.717, 1.165) is 21.4 Å². The van der Waals surface area contributed by atoms with E-state index in [2.05, 4.69) is 21.2 Å². The first kappa shape index (κ1) is 12.8. The lowest BCUT2D eigenvalue weighted by molar-refractivity contribution is 0.528. The lowest BCUT2D eigenvalue weighted by Gasteiger charge is -2.09. The molecule has 0 fully saturated rings. The standard InChI is InChI=1S/C14H12BrN3O2/c1-18-12-5-3-9(7-13(12)20-14(18)19)17-11-4-2-8(15)6-10(11)16/h2-7,17H,16H2,1H3. The van der Waals surface area contributed by atoms with E-state index in [4.69, 9.17) is 10.2 Å². The number of hydrogen-bond donors (Lipinski definition) is 2. The highest BCUT2D eigenvalue weighted by Crippen LogP contribution is 2.27. The summed E-state index contributed by atoms with van der Waals surface area (Å²) in [6.45, 7) is 0. The van der Waals surface area contributed by atoms with Crippen LogP contribution >= 0.6 is 15.9 Å². The minimum Gasteiger partial charge on any atom is -0.408 e. The van der Waals surface area contributed by atoms with Crippen molar-refractivity contribution in [3.05, 3.63) is 51.4 Å². The summed E-state index contributed by atoms with van der Waals surface area (Å²) in [5, 5.41) is 3.20. The van der Waals surface area contributed by atoms with Crippen molar-refractivity contribution in [3.63, 3.8) is 0 Å². The largest absolute Gasteiger partial charge is 0.419 e. The van der Waals surface area contributed by atoms with Crippen molar-refractivity contribution in [2.75, 3.05) is 11.1 Å². The van der Waals surface area contributed by atoms with Crippen LogP contribution in [0.25, 0.3) is 11.1 Å². The predicted octanol–water partition coefficient (Wildman–Crippen LogP) is 3.22. The van der Waals surface area contributed by atoms with Crippen molar-refractivity contribution in [2.45, 2.75) is 0 Å². The van der Waals surface area contributed by atoms with Crippen molar-refractivity contribution in [3.8, 4) is 0 Å². The third-order valence-corrected chi connectivity index (χ3v) is 3.58. The normalized spacial score (nSPS) is 10.9. The van der Waals surface area contributed by atoms with Crippen LogP contribution < -0.4 is 16.8 Å². The van der Waals surface area contributed by atoms with Crippen LogP contribution in [0.5, 0.6) is 0 Å². The zero-order chi connectivity index (χ0) is 14.3. The van der Waals surface area contributed by atoms with Gasteiger partial charge in [-0.2, -0.15) is 0 Å². The van der Waals surface area contributed by atoms with Gasteiger partial charge in [0.15, 0.2) is 5.58 Å². The Balaban J connectivity index is 2.00. The van der Waals surface area contributed by atoms with E-state index in [0.29, 0.717) is 11.3 Å². The summed E-state index contributed by atoms with van der Waals surface area (Å²) in [5.74, 6) is -0.375. The average molecular weight is 334 g/mol. The molecule has 5 nitrogen and oxygen atoms in total. The third kappa shape index (κ3) is 2.18. The summed E-state index contributed by atoms with van der Waals surface area (Å²) in [5.41, 5.74) is 9.47. The number of aryl methyl sites for hydroxylation is 1. The van der Waals surface area contributed by atoms with Crippen molar-refractivity contribution in [2.24, 2.45) is 7.05 Å². The van der Waals surface area contributed by atoms with Crippen molar-refractivity contribution < 1.29 is 4.42 Å². The highest BCUT2D eigenvalue weighted by Gasteiger charge is 2.07. The molecule has 1 aromatic heterocycles. The second-order valence-electron chi connectivity index (χ2n) is 4.47. The molecule has 0 unspecified atom stereocenters. The Labute approximate surface area is 123 Å². The van der Waals surface area contributed by atoms with E-state index in [-0.39, 0.29) is 5.76 Å². The molecule has 0 amide bonds. The fourth-order valence-corrected chi connectivity index (χ4v) is 2.39. The molecule has 0 aliphatic heterocycles. The molecule has 0 saturated carbocycles. The second kappa shape index (κ2) is 4.72. The summed E-state index contributed by atoms with van der Waals surface area (Å²) in [7, 11) is 1.67. The number of halogens is 1. The zero-order valence-electron chi connectivity index (χ0n) is 10.7. The van der Waals surface area contributed by atoms with E-state index >= 15 is 0 Å². The minimum atomic E-state index is -0.375. The van der Waals surface area contributed by atoms with Gasteiger partial charge >= 0.3 is 5.76 Å². The van der Waals surface area contributed by atoms with Gasteiger partial charge in [-0.3, -0.25) is 4.57 Å². The van der Waals surface area contributed by atoms with Gasteiger partial charge in [0.25, 0.3) is 0 Å². The van der Waals surface area contributed by atoms with Crippen LogP contribution in [0.15, 0.2) is 50.1 Å². The third-order valence-electron chi connectivity index (χ3n) is 3.08. The van der Waals surface area contributed by atoms with Crippen molar-refractivity contribution >= 4 is 44.1 Å². The Bertz CT molecular complexity index is 851. The lowest BCUT2D eigenvalue weighted by Crippen LogP contribution is -2.08. The van der Waals surface area contributed by atoms with Gasteiger partial charge in [-0.25, -0.2) is 4.79 Å². The highest BCUT2D eigenvalue weighted by atomic mass is 79.9. The summed E-state index contributed by atoms with van der Waals surface area (Å²) < 4.78 is 7.54. The van der Waals surface area contributed by atoms with Gasteiger partial charge in [-0.1, -0.05) is 15.9 Å². The molecule has 3 rings (SSSR count). The topological polar surface area (TPSA) is 73.2 Å². The Morgan fingerprint density at radius 2 is 2.05 bits per heavy atom. The van der Waals surface area contributed by atoms with Gasteiger partial charge < -0.3 is 15.5 Å². The zero-order valence-corrected chi connectivity index (χ0v) is 12.3. The van der Waals surface area contributed by atoms with Crippen LogP contribution in [0.2, 0.25) is 0 Å². The number of nitrogens with two attached hydrogens (primary N) is 1. The van der Waals surface area contributed by atoms with Gasteiger partial charge in [0, 0.05) is 23.3 Å². The van der Waals surface area contributed by atoms with Gasteiger partial charge in [0.2, 0.25) is 0 Å². The monoisotopic (exact) mass is 333 g/mol. The number of oxazole rings is 1. The number of hydrogen-bond acceptors (Lipinski definition) is 4. The quantitative estimate of drug-likeness (QED) is 0.706. The summed E-state index contributed by atoms with van der Waals surface area (Å²) in [6, 6.07) is 11.1. The molecule has 0 aliphatic rings. The van der Waals surface area contributed by atoms with E-state index in [1.807, 2.05) is 30.3 Å². The first-order valence-electron chi connectivity index (χ1n) is 5.96. The Morgan fingerprint density at radius 1 is 1.25 bits per heavy atom. The maximum atomic E-state index is 11.5. The van der Waals surface area contributed by atoms with Crippen LogP contribution in [-0.2, 0) is 7.05 Å². The summed E-state index contributed by atoms with van der Waals surface area (Å²) >= 11 is 3.36. The van der Waals surface area contributed by atoms with E-state index in [1.165, 1.54) is 4.57 Å². The minimum absolute atomic E-state index is 0.375. The van der Waals surface area contributed by atoms with Gasteiger partial charge in [0.1, 0.15) is 0 Å². The Hall–Kier alpha value is -2.21. The first-order chi connectivity index (χ1) is 9.54. The molecule has 0 bridgehead atoms.